The maximum Gasteiger partial charge on any atom is 0.0992 e. The zero-order chi connectivity index (χ0) is 15.8. The van der Waals surface area contributed by atoms with Crippen LogP contribution in [0.5, 0.6) is 0 Å². The molecule has 0 amide bonds. The van der Waals surface area contributed by atoms with E-state index in [0.29, 0.717) is 5.56 Å². The number of hydrogen-bond donors (Lipinski definition) is 0. The summed E-state index contributed by atoms with van der Waals surface area (Å²) in [4.78, 5) is 2.08. The number of para-hydroxylation sites is 1. The molecule has 0 saturated carbocycles. The number of hydrogen-bond acceptors (Lipinski definition) is 2. The molecule has 2 aromatic carbocycles. The van der Waals surface area contributed by atoms with Crippen molar-refractivity contribution in [3.63, 3.8) is 0 Å². The summed E-state index contributed by atoms with van der Waals surface area (Å²) in [5.41, 5.74) is 3.53. The van der Waals surface area contributed by atoms with Gasteiger partial charge in [0.05, 0.1) is 11.6 Å². The molecule has 0 heterocycles. The number of allylic oxidation sites excluding steroid dienone is 4. The highest BCUT2D eigenvalue weighted by molar-refractivity contribution is 5.71. The molecule has 0 radical (unpaired) electrons. The molecule has 2 heteroatoms. The van der Waals surface area contributed by atoms with Crippen molar-refractivity contribution in [2.24, 2.45) is 0 Å². The van der Waals surface area contributed by atoms with E-state index in [1.807, 2.05) is 79.8 Å². The van der Waals surface area contributed by atoms with Crippen LogP contribution in [0.15, 0.2) is 91.2 Å². The first kappa shape index (κ1) is 15.3. The molecule has 0 aromatic heterocycles. The number of rotatable bonds is 5. The van der Waals surface area contributed by atoms with E-state index in [9.17, 15) is 0 Å². The molecule has 0 bridgehead atoms. The summed E-state index contributed by atoms with van der Waals surface area (Å²) in [6.07, 6.45) is 7.75. The minimum Gasteiger partial charge on any atom is -0.310 e. The summed E-state index contributed by atoms with van der Waals surface area (Å²) in [5, 5.41) is 9.14. The van der Waals surface area contributed by atoms with Gasteiger partial charge in [0.15, 0.2) is 0 Å². The second-order valence-corrected chi connectivity index (χ2v) is 4.65. The summed E-state index contributed by atoms with van der Waals surface area (Å²) in [7, 11) is 0. The van der Waals surface area contributed by atoms with Crippen LogP contribution in [-0.4, -0.2) is 0 Å². The molecule has 0 saturated heterocycles. The summed E-state index contributed by atoms with van der Waals surface area (Å²) in [6, 6.07) is 19.8. The summed E-state index contributed by atoms with van der Waals surface area (Å²) in [6.45, 7) is 5.89. The normalized spacial score (nSPS) is 11.2. The molecular weight excluding hydrogens is 268 g/mol. The first-order valence-electron chi connectivity index (χ1n) is 7.11. The van der Waals surface area contributed by atoms with Crippen molar-refractivity contribution in [1.82, 2.24) is 0 Å². The molecule has 22 heavy (non-hydrogen) atoms. The Morgan fingerprint density at radius 2 is 1.82 bits per heavy atom. The first-order chi connectivity index (χ1) is 10.8. The number of nitrogens with zero attached hydrogens (tertiary/aromatic N) is 2. The van der Waals surface area contributed by atoms with E-state index in [-0.39, 0.29) is 0 Å². The molecule has 0 aliphatic heterocycles. The van der Waals surface area contributed by atoms with Crippen molar-refractivity contribution in [3.8, 4) is 6.07 Å². The minimum atomic E-state index is 0.632. The third-order valence-electron chi connectivity index (χ3n) is 3.17. The Kier molecular flexibility index (Phi) is 5.34. The van der Waals surface area contributed by atoms with Gasteiger partial charge in [-0.15, -0.1) is 0 Å². The van der Waals surface area contributed by atoms with Crippen molar-refractivity contribution < 1.29 is 0 Å². The van der Waals surface area contributed by atoms with Crippen LogP contribution in [0, 0.1) is 11.3 Å². The predicted octanol–water partition coefficient (Wildman–Crippen LogP) is 5.34. The Morgan fingerprint density at radius 1 is 1.09 bits per heavy atom. The minimum absolute atomic E-state index is 0.632. The second kappa shape index (κ2) is 7.66. The molecule has 0 aliphatic rings. The van der Waals surface area contributed by atoms with E-state index in [1.165, 1.54) is 0 Å². The van der Waals surface area contributed by atoms with E-state index in [2.05, 4.69) is 17.5 Å². The van der Waals surface area contributed by atoms with Crippen LogP contribution in [0.3, 0.4) is 0 Å². The van der Waals surface area contributed by atoms with Crippen molar-refractivity contribution in [3.05, 3.63) is 96.7 Å². The Hall–Kier alpha value is -3.05. The predicted molar refractivity (Wildman–Crippen MR) is 92.8 cm³/mol. The van der Waals surface area contributed by atoms with Gasteiger partial charge in [-0.2, -0.15) is 5.26 Å². The van der Waals surface area contributed by atoms with Crippen LogP contribution in [-0.2, 0) is 0 Å². The topological polar surface area (TPSA) is 27.0 Å². The van der Waals surface area contributed by atoms with E-state index >= 15 is 0 Å². The highest BCUT2D eigenvalue weighted by atomic mass is 15.1. The standard InChI is InChI=1S/C20H18N2/c1-3-5-11-18(4-2)22(19-12-7-6-8-13-19)20-14-9-10-17(15-20)16-21/h3-15H,2H2,1H3/b5-3-,18-11+. The van der Waals surface area contributed by atoms with Crippen LogP contribution in [0.25, 0.3) is 0 Å². The van der Waals surface area contributed by atoms with Gasteiger partial charge in [-0.25, -0.2) is 0 Å². The largest absolute Gasteiger partial charge is 0.310 e. The highest BCUT2D eigenvalue weighted by Gasteiger charge is 2.12. The van der Waals surface area contributed by atoms with Crippen molar-refractivity contribution in [2.45, 2.75) is 6.92 Å². The smallest absolute Gasteiger partial charge is 0.0992 e. The SMILES string of the molecule is C=C/C(=C\C=C/C)N(c1ccccc1)c1cccc(C#N)c1. The second-order valence-electron chi connectivity index (χ2n) is 4.65. The lowest BCUT2D eigenvalue weighted by Crippen LogP contribution is -2.15. The molecule has 2 rings (SSSR count). The van der Waals surface area contributed by atoms with E-state index in [4.69, 9.17) is 5.26 Å². The van der Waals surface area contributed by atoms with Crippen LogP contribution in [0.1, 0.15) is 12.5 Å². The third kappa shape index (κ3) is 3.53. The van der Waals surface area contributed by atoms with Gasteiger partial charge in [0.2, 0.25) is 0 Å². The zero-order valence-electron chi connectivity index (χ0n) is 12.6. The molecule has 2 aromatic rings. The number of benzene rings is 2. The molecular formula is C20H18N2. The molecule has 108 valence electrons. The summed E-state index contributed by atoms with van der Waals surface area (Å²) >= 11 is 0. The van der Waals surface area contributed by atoms with Gasteiger partial charge in [0, 0.05) is 17.1 Å². The van der Waals surface area contributed by atoms with Crippen molar-refractivity contribution in [2.75, 3.05) is 4.90 Å². The van der Waals surface area contributed by atoms with Crippen molar-refractivity contribution in [1.29, 1.82) is 5.26 Å². The van der Waals surface area contributed by atoms with Crippen LogP contribution in [0.2, 0.25) is 0 Å². The molecule has 0 unspecified atom stereocenters. The quantitative estimate of drug-likeness (QED) is 0.693. The van der Waals surface area contributed by atoms with E-state index in [1.54, 1.807) is 6.07 Å². The Balaban J connectivity index is 2.59. The lowest BCUT2D eigenvalue weighted by atomic mass is 10.1. The van der Waals surface area contributed by atoms with E-state index in [0.717, 1.165) is 17.1 Å². The maximum absolute atomic E-state index is 9.14. The fourth-order valence-corrected chi connectivity index (χ4v) is 2.17. The Morgan fingerprint density at radius 3 is 2.45 bits per heavy atom. The summed E-state index contributed by atoms with van der Waals surface area (Å²) < 4.78 is 0. The van der Waals surface area contributed by atoms with Crippen LogP contribution in [0.4, 0.5) is 11.4 Å². The lowest BCUT2D eigenvalue weighted by Gasteiger charge is -2.26. The number of nitriles is 1. The van der Waals surface area contributed by atoms with E-state index < -0.39 is 0 Å². The van der Waals surface area contributed by atoms with Gasteiger partial charge in [0.25, 0.3) is 0 Å². The maximum atomic E-state index is 9.14. The Bertz CT molecular complexity index is 734. The molecule has 0 N–H and O–H groups in total. The third-order valence-corrected chi connectivity index (χ3v) is 3.17. The van der Waals surface area contributed by atoms with Gasteiger partial charge >= 0.3 is 0 Å². The lowest BCUT2D eigenvalue weighted by molar-refractivity contribution is 1.21. The van der Waals surface area contributed by atoms with Gasteiger partial charge in [-0.3, -0.25) is 0 Å². The van der Waals surface area contributed by atoms with Crippen molar-refractivity contribution >= 4 is 11.4 Å². The molecule has 0 aliphatic carbocycles. The van der Waals surface area contributed by atoms with Gasteiger partial charge in [0.1, 0.15) is 0 Å². The van der Waals surface area contributed by atoms with Gasteiger partial charge in [-0.1, -0.05) is 43.0 Å². The Labute approximate surface area is 131 Å². The van der Waals surface area contributed by atoms with Crippen LogP contribution >= 0.6 is 0 Å². The molecule has 0 spiro atoms. The van der Waals surface area contributed by atoms with Gasteiger partial charge in [-0.05, 0) is 49.4 Å². The van der Waals surface area contributed by atoms with Gasteiger partial charge < -0.3 is 4.90 Å². The molecule has 0 atom stereocenters. The van der Waals surface area contributed by atoms with Crippen LogP contribution < -0.4 is 4.90 Å². The average Bonchev–Trinajstić information content (AvgIpc) is 2.59. The zero-order valence-corrected chi connectivity index (χ0v) is 12.6. The first-order valence-corrected chi connectivity index (χ1v) is 7.11. The summed E-state index contributed by atoms with van der Waals surface area (Å²) in [5.74, 6) is 0. The fraction of sp³-hybridized carbons (Fsp3) is 0.0500. The molecule has 0 fully saturated rings. The highest BCUT2D eigenvalue weighted by Crippen LogP contribution is 2.30. The average molecular weight is 286 g/mol. The number of anilines is 2. The fourth-order valence-electron chi connectivity index (χ4n) is 2.17. The monoisotopic (exact) mass is 286 g/mol. The molecule has 2 nitrogen and oxygen atoms in total.